The van der Waals surface area contributed by atoms with Crippen LogP contribution in [0.1, 0.15) is 12.5 Å². The van der Waals surface area contributed by atoms with Gasteiger partial charge in [0.15, 0.2) is 5.65 Å². The molecule has 0 aliphatic rings. The zero-order valence-corrected chi connectivity index (χ0v) is 8.59. The van der Waals surface area contributed by atoms with Crippen LogP contribution in [0.5, 0.6) is 0 Å². The number of aliphatic hydroxyl groups is 1. The molecule has 0 aliphatic heterocycles. The molecule has 3 N–H and O–H groups in total. The summed E-state index contributed by atoms with van der Waals surface area (Å²) in [5.74, 6) is 0. The molecule has 0 spiro atoms. The zero-order valence-electron chi connectivity index (χ0n) is 8.59. The molecule has 0 saturated heterocycles. The van der Waals surface area contributed by atoms with E-state index in [1.165, 1.54) is 0 Å². The van der Waals surface area contributed by atoms with Crippen molar-refractivity contribution in [1.82, 2.24) is 14.6 Å². The second-order valence-corrected chi connectivity index (χ2v) is 3.90. The first-order valence-corrected chi connectivity index (χ1v) is 4.80. The van der Waals surface area contributed by atoms with Gasteiger partial charge in [-0.2, -0.15) is 5.10 Å². The lowest BCUT2D eigenvalue weighted by Gasteiger charge is -2.25. The zero-order chi connectivity index (χ0) is 10.9. The molecule has 0 fully saturated rings. The summed E-state index contributed by atoms with van der Waals surface area (Å²) in [5, 5.41) is 13.4. The first-order chi connectivity index (χ1) is 7.19. The van der Waals surface area contributed by atoms with Crippen LogP contribution in [0.25, 0.3) is 5.65 Å². The number of nitrogens with two attached hydrogens (primary N) is 1. The van der Waals surface area contributed by atoms with Gasteiger partial charge in [0.2, 0.25) is 0 Å². The summed E-state index contributed by atoms with van der Waals surface area (Å²) in [4.78, 5) is 4.24. The minimum atomic E-state index is -0.451. The van der Waals surface area contributed by atoms with Crippen LogP contribution in [-0.2, 0) is 5.41 Å². The molecule has 2 aromatic rings. The highest BCUT2D eigenvalue weighted by atomic mass is 16.3. The minimum absolute atomic E-state index is 0.00203. The molecule has 0 saturated carbocycles. The molecule has 1 atom stereocenters. The molecule has 5 nitrogen and oxygen atoms in total. The summed E-state index contributed by atoms with van der Waals surface area (Å²) >= 11 is 0. The second-order valence-electron chi connectivity index (χ2n) is 3.90. The molecule has 0 aliphatic carbocycles. The Morgan fingerprint density at radius 2 is 2.40 bits per heavy atom. The van der Waals surface area contributed by atoms with Crippen LogP contribution in [0.4, 0.5) is 0 Å². The lowest BCUT2D eigenvalue weighted by atomic mass is 9.85. The van der Waals surface area contributed by atoms with E-state index in [0.717, 1.165) is 11.2 Å². The average molecular weight is 206 g/mol. The fourth-order valence-electron chi connectivity index (χ4n) is 1.40. The van der Waals surface area contributed by atoms with Gasteiger partial charge in [-0.05, 0) is 5.56 Å². The van der Waals surface area contributed by atoms with Crippen LogP contribution in [-0.4, -0.2) is 32.9 Å². The van der Waals surface area contributed by atoms with Gasteiger partial charge >= 0.3 is 0 Å². The number of aromatic nitrogens is 3. The van der Waals surface area contributed by atoms with E-state index in [9.17, 15) is 5.11 Å². The Labute approximate surface area is 87.6 Å². The van der Waals surface area contributed by atoms with Gasteiger partial charge in [0, 0.05) is 30.4 Å². The van der Waals surface area contributed by atoms with Gasteiger partial charge in [-0.15, -0.1) is 0 Å². The van der Waals surface area contributed by atoms with E-state index in [1.807, 2.05) is 19.2 Å². The first-order valence-electron chi connectivity index (χ1n) is 4.80. The number of aliphatic hydroxyl groups excluding tert-OH is 1. The van der Waals surface area contributed by atoms with Crippen LogP contribution < -0.4 is 5.73 Å². The molecule has 0 radical (unpaired) electrons. The molecule has 15 heavy (non-hydrogen) atoms. The molecule has 2 aromatic heterocycles. The van der Waals surface area contributed by atoms with Crippen LogP contribution in [0.2, 0.25) is 0 Å². The van der Waals surface area contributed by atoms with Crippen molar-refractivity contribution in [2.75, 3.05) is 13.2 Å². The standard InChI is InChI=1S/C10H14N4O/c1-10(6-11,7-15)8-4-12-9-2-3-13-14(9)5-8/h2-5,15H,6-7,11H2,1H3. The summed E-state index contributed by atoms with van der Waals surface area (Å²) < 4.78 is 1.68. The van der Waals surface area contributed by atoms with Gasteiger partial charge in [0.1, 0.15) is 0 Å². The van der Waals surface area contributed by atoms with Crippen LogP contribution >= 0.6 is 0 Å². The highest BCUT2D eigenvalue weighted by molar-refractivity contribution is 5.37. The Hall–Kier alpha value is -1.46. The third-order valence-corrected chi connectivity index (χ3v) is 2.74. The number of hydrogen-bond acceptors (Lipinski definition) is 4. The van der Waals surface area contributed by atoms with Gasteiger partial charge in [-0.1, -0.05) is 6.92 Å². The topological polar surface area (TPSA) is 76.4 Å². The van der Waals surface area contributed by atoms with Crippen molar-refractivity contribution in [3.05, 3.63) is 30.2 Å². The van der Waals surface area contributed by atoms with E-state index in [2.05, 4.69) is 10.1 Å². The Morgan fingerprint density at radius 3 is 3.07 bits per heavy atom. The second kappa shape index (κ2) is 3.60. The summed E-state index contributed by atoms with van der Waals surface area (Å²) in [6.07, 6.45) is 5.27. The van der Waals surface area contributed by atoms with E-state index >= 15 is 0 Å². The van der Waals surface area contributed by atoms with E-state index in [-0.39, 0.29) is 6.61 Å². The summed E-state index contributed by atoms with van der Waals surface area (Å²) in [5.41, 5.74) is 6.88. The summed E-state index contributed by atoms with van der Waals surface area (Å²) in [6.45, 7) is 2.27. The summed E-state index contributed by atoms with van der Waals surface area (Å²) in [7, 11) is 0. The monoisotopic (exact) mass is 206 g/mol. The Morgan fingerprint density at radius 1 is 1.60 bits per heavy atom. The third-order valence-electron chi connectivity index (χ3n) is 2.74. The lowest BCUT2D eigenvalue weighted by molar-refractivity contribution is 0.209. The normalized spacial score (nSPS) is 15.4. The van der Waals surface area contributed by atoms with Crippen molar-refractivity contribution < 1.29 is 5.11 Å². The molecule has 2 rings (SSSR count). The average Bonchev–Trinajstić information content (AvgIpc) is 2.74. The fourth-order valence-corrected chi connectivity index (χ4v) is 1.40. The molecular formula is C10H14N4O. The molecule has 80 valence electrons. The minimum Gasteiger partial charge on any atom is -0.395 e. The molecule has 0 aromatic carbocycles. The smallest absolute Gasteiger partial charge is 0.154 e. The molecule has 5 heteroatoms. The highest BCUT2D eigenvalue weighted by Gasteiger charge is 2.25. The fraction of sp³-hybridized carbons (Fsp3) is 0.400. The van der Waals surface area contributed by atoms with E-state index in [0.29, 0.717) is 6.54 Å². The predicted octanol–water partition coefficient (Wildman–Crippen LogP) is -0.0620. The molecule has 1 unspecified atom stereocenters. The van der Waals surface area contributed by atoms with Crippen molar-refractivity contribution in [2.45, 2.75) is 12.3 Å². The van der Waals surface area contributed by atoms with Crippen molar-refractivity contribution in [2.24, 2.45) is 5.73 Å². The van der Waals surface area contributed by atoms with E-state index in [1.54, 1.807) is 16.9 Å². The quantitative estimate of drug-likeness (QED) is 0.737. The maximum absolute atomic E-state index is 9.32. The molecular weight excluding hydrogens is 192 g/mol. The Bertz CT molecular complexity index is 461. The van der Waals surface area contributed by atoms with Gasteiger partial charge in [-0.25, -0.2) is 9.50 Å². The maximum Gasteiger partial charge on any atom is 0.154 e. The van der Waals surface area contributed by atoms with Crippen molar-refractivity contribution in [3.8, 4) is 0 Å². The van der Waals surface area contributed by atoms with Crippen molar-refractivity contribution in [1.29, 1.82) is 0 Å². The lowest BCUT2D eigenvalue weighted by Crippen LogP contribution is -2.35. The number of fused-ring (bicyclic) bond motifs is 1. The largest absolute Gasteiger partial charge is 0.395 e. The number of hydrogen-bond donors (Lipinski definition) is 2. The highest BCUT2D eigenvalue weighted by Crippen LogP contribution is 2.20. The number of rotatable bonds is 3. The van der Waals surface area contributed by atoms with Crippen LogP contribution in [0, 0.1) is 0 Å². The molecule has 0 bridgehead atoms. The first kappa shape index (κ1) is 10.1. The van der Waals surface area contributed by atoms with Crippen LogP contribution in [0.15, 0.2) is 24.7 Å². The summed E-state index contributed by atoms with van der Waals surface area (Å²) in [6, 6.07) is 1.82. The van der Waals surface area contributed by atoms with E-state index < -0.39 is 5.41 Å². The van der Waals surface area contributed by atoms with Gasteiger partial charge in [-0.3, -0.25) is 0 Å². The Balaban J connectivity index is 2.51. The van der Waals surface area contributed by atoms with Gasteiger partial charge in [0.05, 0.1) is 12.8 Å². The SMILES string of the molecule is CC(CN)(CO)c1cnc2ccnn2c1. The molecule has 0 amide bonds. The number of nitrogens with zero attached hydrogens (tertiary/aromatic N) is 3. The molecule has 2 heterocycles. The van der Waals surface area contributed by atoms with Gasteiger partial charge < -0.3 is 10.8 Å². The Kier molecular flexibility index (Phi) is 2.42. The third kappa shape index (κ3) is 1.60. The van der Waals surface area contributed by atoms with E-state index in [4.69, 9.17) is 5.73 Å². The van der Waals surface area contributed by atoms with Crippen molar-refractivity contribution in [3.63, 3.8) is 0 Å². The van der Waals surface area contributed by atoms with Gasteiger partial charge in [0.25, 0.3) is 0 Å². The maximum atomic E-state index is 9.32. The van der Waals surface area contributed by atoms with Crippen molar-refractivity contribution >= 4 is 5.65 Å². The van der Waals surface area contributed by atoms with Crippen LogP contribution in [0.3, 0.4) is 0 Å². The predicted molar refractivity (Wildman–Crippen MR) is 56.5 cm³/mol.